The van der Waals surface area contributed by atoms with Crippen molar-refractivity contribution < 1.29 is 9.59 Å². The van der Waals surface area contributed by atoms with Crippen LogP contribution in [0.2, 0.25) is 0 Å². The minimum Gasteiger partial charge on any atom is -0.376 e. The van der Waals surface area contributed by atoms with Crippen molar-refractivity contribution in [1.82, 2.24) is 9.80 Å². The topological polar surface area (TPSA) is 52.7 Å². The fourth-order valence-electron chi connectivity index (χ4n) is 2.45. The van der Waals surface area contributed by atoms with E-state index in [9.17, 15) is 9.59 Å². The smallest absolute Gasteiger partial charge is 0.253 e. The Kier molecular flexibility index (Phi) is 5.20. The van der Waals surface area contributed by atoms with Crippen LogP contribution in [0.1, 0.15) is 29.6 Å². The molecule has 0 atom stereocenters. The van der Waals surface area contributed by atoms with Gasteiger partial charge in [-0.1, -0.05) is 6.07 Å². The van der Waals surface area contributed by atoms with Crippen molar-refractivity contribution >= 4 is 17.5 Å². The Labute approximate surface area is 125 Å². The zero-order valence-corrected chi connectivity index (χ0v) is 12.8. The molecule has 1 N–H and O–H groups in total. The van der Waals surface area contributed by atoms with Crippen LogP contribution < -0.4 is 5.32 Å². The summed E-state index contributed by atoms with van der Waals surface area (Å²) in [5.41, 5.74) is 1.42. The first-order valence-electron chi connectivity index (χ1n) is 7.41. The van der Waals surface area contributed by atoms with E-state index in [0.29, 0.717) is 5.56 Å². The SMILES string of the molecule is CN(C)C(=O)c1cccc(NCC(=O)N2CCCCC2)c1. The van der Waals surface area contributed by atoms with Crippen LogP contribution in [-0.2, 0) is 4.79 Å². The lowest BCUT2D eigenvalue weighted by atomic mass is 10.1. The number of anilines is 1. The zero-order valence-electron chi connectivity index (χ0n) is 12.8. The molecule has 2 amide bonds. The van der Waals surface area contributed by atoms with E-state index in [0.717, 1.165) is 31.6 Å². The van der Waals surface area contributed by atoms with Gasteiger partial charge in [0.1, 0.15) is 0 Å². The number of amides is 2. The van der Waals surface area contributed by atoms with Crippen LogP contribution in [0.3, 0.4) is 0 Å². The van der Waals surface area contributed by atoms with Crippen LogP contribution in [0, 0.1) is 0 Å². The molecule has 1 aliphatic heterocycles. The van der Waals surface area contributed by atoms with Gasteiger partial charge in [-0.2, -0.15) is 0 Å². The number of benzene rings is 1. The Balaban J connectivity index is 1.92. The largest absolute Gasteiger partial charge is 0.376 e. The highest BCUT2D eigenvalue weighted by Crippen LogP contribution is 2.13. The minimum absolute atomic E-state index is 0.0407. The molecule has 0 bridgehead atoms. The van der Waals surface area contributed by atoms with Crippen molar-refractivity contribution in [2.75, 3.05) is 39.0 Å². The van der Waals surface area contributed by atoms with Gasteiger partial charge in [-0.25, -0.2) is 0 Å². The fraction of sp³-hybridized carbons (Fsp3) is 0.500. The van der Waals surface area contributed by atoms with E-state index in [-0.39, 0.29) is 18.4 Å². The average molecular weight is 289 g/mol. The lowest BCUT2D eigenvalue weighted by Gasteiger charge is -2.27. The third-order valence-corrected chi connectivity index (χ3v) is 3.67. The third-order valence-electron chi connectivity index (χ3n) is 3.67. The lowest BCUT2D eigenvalue weighted by Crippen LogP contribution is -2.39. The summed E-state index contributed by atoms with van der Waals surface area (Å²) in [5.74, 6) is 0.0834. The van der Waals surface area contributed by atoms with Crippen molar-refractivity contribution in [3.8, 4) is 0 Å². The molecule has 1 heterocycles. The quantitative estimate of drug-likeness (QED) is 0.920. The number of nitrogens with zero attached hydrogens (tertiary/aromatic N) is 2. The fourth-order valence-corrected chi connectivity index (χ4v) is 2.45. The molecular formula is C16H23N3O2. The van der Waals surface area contributed by atoms with Crippen molar-refractivity contribution in [2.45, 2.75) is 19.3 Å². The van der Waals surface area contributed by atoms with E-state index >= 15 is 0 Å². The number of rotatable bonds is 4. The Morgan fingerprint density at radius 1 is 1.19 bits per heavy atom. The second kappa shape index (κ2) is 7.11. The molecule has 0 aliphatic carbocycles. The van der Waals surface area contributed by atoms with E-state index in [4.69, 9.17) is 0 Å². The van der Waals surface area contributed by atoms with Crippen LogP contribution in [0.25, 0.3) is 0 Å². The van der Waals surface area contributed by atoms with Gasteiger partial charge in [0, 0.05) is 38.4 Å². The summed E-state index contributed by atoms with van der Waals surface area (Å²) < 4.78 is 0. The average Bonchev–Trinajstić information content (AvgIpc) is 2.53. The number of hydrogen-bond donors (Lipinski definition) is 1. The predicted molar refractivity (Wildman–Crippen MR) is 83.4 cm³/mol. The van der Waals surface area contributed by atoms with Crippen molar-refractivity contribution in [3.63, 3.8) is 0 Å². The standard InChI is InChI=1S/C16H23N3O2/c1-18(2)16(21)13-7-6-8-14(11-13)17-12-15(20)19-9-4-3-5-10-19/h6-8,11,17H,3-5,9-10,12H2,1-2H3. The van der Waals surface area contributed by atoms with Crippen molar-refractivity contribution in [3.05, 3.63) is 29.8 Å². The zero-order chi connectivity index (χ0) is 15.2. The number of likely N-dealkylation sites (tertiary alicyclic amines) is 1. The molecule has 1 aromatic carbocycles. The van der Waals surface area contributed by atoms with Gasteiger partial charge >= 0.3 is 0 Å². The third kappa shape index (κ3) is 4.21. The molecule has 0 aromatic heterocycles. The number of piperidine rings is 1. The van der Waals surface area contributed by atoms with Crippen molar-refractivity contribution in [2.24, 2.45) is 0 Å². The molecule has 1 saturated heterocycles. The van der Waals surface area contributed by atoms with Crippen LogP contribution in [0.4, 0.5) is 5.69 Å². The highest BCUT2D eigenvalue weighted by atomic mass is 16.2. The Hall–Kier alpha value is -2.04. The summed E-state index contributed by atoms with van der Waals surface area (Å²) >= 11 is 0. The first-order valence-corrected chi connectivity index (χ1v) is 7.41. The molecule has 2 rings (SSSR count). The number of carbonyl (C=O) groups excluding carboxylic acids is 2. The second-order valence-corrected chi connectivity index (χ2v) is 5.58. The molecule has 5 nitrogen and oxygen atoms in total. The molecule has 1 aromatic rings. The molecule has 1 fully saturated rings. The molecule has 0 unspecified atom stereocenters. The van der Waals surface area contributed by atoms with Gasteiger partial charge in [0.05, 0.1) is 6.54 Å². The maximum absolute atomic E-state index is 12.1. The van der Waals surface area contributed by atoms with Crippen LogP contribution in [0.5, 0.6) is 0 Å². The van der Waals surface area contributed by atoms with E-state index < -0.39 is 0 Å². The molecular weight excluding hydrogens is 266 g/mol. The Morgan fingerprint density at radius 2 is 1.90 bits per heavy atom. The van der Waals surface area contributed by atoms with E-state index in [1.54, 1.807) is 26.2 Å². The maximum atomic E-state index is 12.1. The first-order chi connectivity index (χ1) is 10.1. The first kappa shape index (κ1) is 15.4. The van der Waals surface area contributed by atoms with Gasteiger partial charge in [0.15, 0.2) is 0 Å². The number of hydrogen-bond acceptors (Lipinski definition) is 3. The number of carbonyl (C=O) groups is 2. The lowest BCUT2D eigenvalue weighted by molar-refractivity contribution is -0.130. The minimum atomic E-state index is -0.0407. The van der Waals surface area contributed by atoms with Gasteiger partial charge in [0.25, 0.3) is 5.91 Å². The Bertz CT molecular complexity index is 508. The van der Waals surface area contributed by atoms with E-state index in [1.165, 1.54) is 11.3 Å². The molecule has 114 valence electrons. The summed E-state index contributed by atoms with van der Waals surface area (Å²) in [6.07, 6.45) is 3.41. The van der Waals surface area contributed by atoms with Gasteiger partial charge in [-0.3, -0.25) is 9.59 Å². The summed E-state index contributed by atoms with van der Waals surface area (Å²) in [5, 5.41) is 3.11. The summed E-state index contributed by atoms with van der Waals surface area (Å²) in [4.78, 5) is 27.4. The van der Waals surface area contributed by atoms with Gasteiger partial charge in [0.2, 0.25) is 5.91 Å². The Morgan fingerprint density at radius 3 is 2.57 bits per heavy atom. The monoisotopic (exact) mass is 289 g/mol. The van der Waals surface area contributed by atoms with Crippen molar-refractivity contribution in [1.29, 1.82) is 0 Å². The molecule has 0 saturated carbocycles. The normalized spacial score (nSPS) is 14.7. The summed E-state index contributed by atoms with van der Waals surface area (Å²) in [6.45, 7) is 2.00. The van der Waals surface area contributed by atoms with E-state index in [1.807, 2.05) is 17.0 Å². The highest BCUT2D eigenvalue weighted by molar-refractivity contribution is 5.95. The van der Waals surface area contributed by atoms with E-state index in [2.05, 4.69) is 5.32 Å². The number of nitrogens with one attached hydrogen (secondary N) is 1. The van der Waals surface area contributed by atoms with Gasteiger partial charge < -0.3 is 15.1 Å². The summed E-state index contributed by atoms with van der Waals surface area (Å²) in [7, 11) is 3.45. The van der Waals surface area contributed by atoms with Gasteiger partial charge in [-0.15, -0.1) is 0 Å². The predicted octanol–water partition coefficient (Wildman–Crippen LogP) is 1.81. The second-order valence-electron chi connectivity index (χ2n) is 5.58. The van der Waals surface area contributed by atoms with Crippen LogP contribution >= 0.6 is 0 Å². The maximum Gasteiger partial charge on any atom is 0.253 e. The molecule has 21 heavy (non-hydrogen) atoms. The van der Waals surface area contributed by atoms with Crippen LogP contribution in [0.15, 0.2) is 24.3 Å². The van der Waals surface area contributed by atoms with Crippen LogP contribution in [-0.4, -0.2) is 55.3 Å². The van der Waals surface area contributed by atoms with Gasteiger partial charge in [-0.05, 0) is 37.5 Å². The molecule has 0 spiro atoms. The summed E-state index contributed by atoms with van der Waals surface area (Å²) in [6, 6.07) is 7.26. The molecule has 1 aliphatic rings. The highest BCUT2D eigenvalue weighted by Gasteiger charge is 2.16. The molecule has 5 heteroatoms. The molecule has 0 radical (unpaired) electrons.